The van der Waals surface area contributed by atoms with Gasteiger partial charge in [-0.3, -0.25) is 4.79 Å². The van der Waals surface area contributed by atoms with Crippen LogP contribution in [0, 0.1) is 11.3 Å². The first kappa shape index (κ1) is 16.5. The first-order valence-corrected chi connectivity index (χ1v) is 7.11. The summed E-state index contributed by atoms with van der Waals surface area (Å²) in [5.74, 6) is 0.322. The zero-order chi connectivity index (χ0) is 15.0. The van der Waals surface area contributed by atoms with Gasteiger partial charge in [0.2, 0.25) is 0 Å². The maximum Gasteiger partial charge on any atom is 0.310 e. The van der Waals surface area contributed by atoms with Gasteiger partial charge in [-0.2, -0.15) is 0 Å². The van der Waals surface area contributed by atoms with Gasteiger partial charge in [0, 0.05) is 6.54 Å². The fourth-order valence-electron chi connectivity index (χ4n) is 2.47. The minimum Gasteiger partial charge on any atom is -0.494 e. The largest absolute Gasteiger partial charge is 0.494 e. The van der Waals surface area contributed by atoms with Gasteiger partial charge in [0.1, 0.15) is 5.75 Å². The Bertz CT molecular complexity index is 405. The minimum atomic E-state index is -0.825. The highest BCUT2D eigenvalue weighted by molar-refractivity contribution is 5.74. The molecule has 112 valence electrons. The van der Waals surface area contributed by atoms with Crippen LogP contribution in [0.15, 0.2) is 30.3 Å². The molecule has 4 heteroatoms. The molecule has 4 nitrogen and oxygen atoms in total. The zero-order valence-corrected chi connectivity index (χ0v) is 12.3. The number of carboxylic acid groups (broad SMARTS) is 1. The quantitative estimate of drug-likeness (QED) is 0.682. The second kappa shape index (κ2) is 7.90. The van der Waals surface area contributed by atoms with Crippen LogP contribution in [-0.4, -0.2) is 24.2 Å². The molecule has 0 aromatic heterocycles. The Morgan fingerprint density at radius 1 is 1.35 bits per heavy atom. The van der Waals surface area contributed by atoms with Crippen LogP contribution in [0.3, 0.4) is 0 Å². The smallest absolute Gasteiger partial charge is 0.310 e. The number of ether oxygens (including phenoxy) is 1. The summed E-state index contributed by atoms with van der Waals surface area (Å²) < 4.78 is 5.60. The van der Waals surface area contributed by atoms with E-state index in [0.717, 1.165) is 5.75 Å². The summed E-state index contributed by atoms with van der Waals surface area (Å²) in [7, 11) is 0. The molecule has 0 aliphatic carbocycles. The number of hydrogen-bond acceptors (Lipinski definition) is 3. The maximum absolute atomic E-state index is 11.5. The van der Waals surface area contributed by atoms with Crippen LogP contribution in [-0.2, 0) is 4.79 Å². The second-order valence-electron chi connectivity index (χ2n) is 5.65. The molecular formula is C16H25NO3. The van der Waals surface area contributed by atoms with Crippen molar-refractivity contribution < 1.29 is 14.6 Å². The van der Waals surface area contributed by atoms with Crippen molar-refractivity contribution in [2.45, 2.75) is 33.1 Å². The average Bonchev–Trinajstić information content (AvgIpc) is 2.42. The van der Waals surface area contributed by atoms with Gasteiger partial charge in [-0.05, 0) is 37.3 Å². The first-order chi connectivity index (χ1) is 9.50. The van der Waals surface area contributed by atoms with Crippen LogP contribution < -0.4 is 10.5 Å². The van der Waals surface area contributed by atoms with Crippen molar-refractivity contribution in [1.82, 2.24) is 0 Å². The third-order valence-electron chi connectivity index (χ3n) is 3.46. The normalized spacial score (nSPS) is 14.0. The standard InChI is InChI=1S/C16H25NO3/c1-13(2)11-16(12-17,15(18)19)9-6-10-20-14-7-4-3-5-8-14/h3-5,7-8,13H,6,9-12,17H2,1-2H3,(H,18,19). The Labute approximate surface area is 120 Å². The average molecular weight is 279 g/mol. The predicted octanol–water partition coefficient (Wildman–Crippen LogP) is 2.92. The van der Waals surface area contributed by atoms with E-state index in [1.54, 1.807) is 0 Å². The van der Waals surface area contributed by atoms with Gasteiger partial charge in [-0.25, -0.2) is 0 Å². The van der Waals surface area contributed by atoms with Gasteiger partial charge in [-0.15, -0.1) is 0 Å². The summed E-state index contributed by atoms with van der Waals surface area (Å²) in [4.78, 5) is 11.5. The zero-order valence-electron chi connectivity index (χ0n) is 12.3. The highest BCUT2D eigenvalue weighted by Crippen LogP contribution is 2.31. The molecule has 0 amide bonds. The fourth-order valence-corrected chi connectivity index (χ4v) is 2.47. The number of aliphatic carboxylic acids is 1. The van der Waals surface area contributed by atoms with Gasteiger partial charge in [-0.1, -0.05) is 32.0 Å². The lowest BCUT2D eigenvalue weighted by atomic mass is 9.76. The Morgan fingerprint density at radius 2 is 2.00 bits per heavy atom. The number of hydrogen-bond donors (Lipinski definition) is 2. The number of para-hydroxylation sites is 1. The van der Waals surface area contributed by atoms with Crippen molar-refractivity contribution in [3.63, 3.8) is 0 Å². The molecule has 1 aromatic rings. The summed E-state index contributed by atoms with van der Waals surface area (Å²) >= 11 is 0. The maximum atomic E-state index is 11.5. The Hall–Kier alpha value is -1.55. The third kappa shape index (κ3) is 4.85. The molecule has 0 radical (unpaired) electrons. The number of benzene rings is 1. The highest BCUT2D eigenvalue weighted by atomic mass is 16.5. The summed E-state index contributed by atoms with van der Waals surface area (Å²) in [6, 6.07) is 9.54. The topological polar surface area (TPSA) is 72.5 Å². The molecule has 0 bridgehead atoms. The van der Waals surface area contributed by atoms with Gasteiger partial charge >= 0.3 is 5.97 Å². The van der Waals surface area contributed by atoms with Crippen molar-refractivity contribution in [3.05, 3.63) is 30.3 Å². The Kier molecular flexibility index (Phi) is 6.52. The molecule has 0 saturated heterocycles. The van der Waals surface area contributed by atoms with Crippen LogP contribution in [0.25, 0.3) is 0 Å². The molecule has 0 heterocycles. The van der Waals surface area contributed by atoms with Crippen LogP contribution in [0.4, 0.5) is 0 Å². The van der Waals surface area contributed by atoms with Gasteiger partial charge in [0.15, 0.2) is 0 Å². The molecular weight excluding hydrogens is 254 g/mol. The highest BCUT2D eigenvalue weighted by Gasteiger charge is 2.37. The van der Waals surface area contributed by atoms with Crippen molar-refractivity contribution in [1.29, 1.82) is 0 Å². The van der Waals surface area contributed by atoms with Crippen molar-refractivity contribution >= 4 is 5.97 Å². The van der Waals surface area contributed by atoms with E-state index in [0.29, 0.717) is 31.8 Å². The number of nitrogens with two attached hydrogens (primary N) is 1. The Morgan fingerprint density at radius 3 is 2.50 bits per heavy atom. The molecule has 0 saturated carbocycles. The van der Waals surface area contributed by atoms with Crippen LogP contribution in [0.2, 0.25) is 0 Å². The van der Waals surface area contributed by atoms with Crippen molar-refractivity contribution in [2.75, 3.05) is 13.2 Å². The summed E-state index contributed by atoms with van der Waals surface area (Å²) in [6.07, 6.45) is 1.83. The first-order valence-electron chi connectivity index (χ1n) is 7.11. The van der Waals surface area contributed by atoms with Gasteiger partial charge < -0.3 is 15.6 Å². The van der Waals surface area contributed by atoms with Crippen LogP contribution in [0.1, 0.15) is 33.1 Å². The molecule has 3 N–H and O–H groups in total. The summed E-state index contributed by atoms with van der Waals surface area (Å²) in [5, 5.41) is 9.47. The number of carboxylic acids is 1. The summed E-state index contributed by atoms with van der Waals surface area (Å²) in [5.41, 5.74) is 4.90. The minimum absolute atomic E-state index is 0.172. The van der Waals surface area contributed by atoms with Crippen LogP contribution in [0.5, 0.6) is 5.75 Å². The van der Waals surface area contributed by atoms with Gasteiger partial charge in [0.05, 0.1) is 12.0 Å². The lowest BCUT2D eigenvalue weighted by Gasteiger charge is -2.29. The van der Waals surface area contributed by atoms with Crippen molar-refractivity contribution in [3.8, 4) is 5.75 Å². The monoisotopic (exact) mass is 279 g/mol. The van der Waals surface area contributed by atoms with Gasteiger partial charge in [0.25, 0.3) is 0 Å². The van der Waals surface area contributed by atoms with E-state index in [4.69, 9.17) is 10.5 Å². The molecule has 20 heavy (non-hydrogen) atoms. The molecule has 1 atom stereocenters. The van der Waals surface area contributed by atoms with E-state index in [1.807, 2.05) is 44.2 Å². The van der Waals surface area contributed by atoms with E-state index in [2.05, 4.69) is 0 Å². The second-order valence-corrected chi connectivity index (χ2v) is 5.65. The van der Waals surface area contributed by atoms with E-state index in [-0.39, 0.29) is 6.54 Å². The molecule has 0 fully saturated rings. The molecule has 1 aromatic carbocycles. The molecule has 0 aliphatic heterocycles. The summed E-state index contributed by atoms with van der Waals surface area (Å²) in [6.45, 7) is 4.73. The van der Waals surface area contributed by atoms with Crippen LogP contribution >= 0.6 is 0 Å². The lowest BCUT2D eigenvalue weighted by molar-refractivity contribution is -0.150. The predicted molar refractivity (Wildman–Crippen MR) is 79.7 cm³/mol. The Balaban J connectivity index is 2.48. The molecule has 0 spiro atoms. The molecule has 0 aliphatic rings. The number of carbonyl (C=O) groups is 1. The van der Waals surface area contributed by atoms with E-state index in [1.165, 1.54) is 0 Å². The van der Waals surface area contributed by atoms with E-state index >= 15 is 0 Å². The number of rotatable bonds is 9. The molecule has 1 unspecified atom stereocenters. The van der Waals surface area contributed by atoms with E-state index in [9.17, 15) is 9.90 Å². The fraction of sp³-hybridized carbons (Fsp3) is 0.562. The van der Waals surface area contributed by atoms with E-state index < -0.39 is 11.4 Å². The lowest BCUT2D eigenvalue weighted by Crippen LogP contribution is -2.40. The third-order valence-corrected chi connectivity index (χ3v) is 3.46. The van der Waals surface area contributed by atoms with Crippen molar-refractivity contribution in [2.24, 2.45) is 17.1 Å². The molecule has 1 rings (SSSR count). The SMILES string of the molecule is CC(C)CC(CN)(CCCOc1ccccc1)C(=O)O.